The Morgan fingerprint density at radius 2 is 2.05 bits per heavy atom. The number of hydrogen-bond donors (Lipinski definition) is 4. The lowest BCUT2D eigenvalue weighted by atomic mass is 10.1. The molecule has 13 nitrogen and oxygen atoms in total. The largest absolute Gasteiger partial charge is 0.570 e. The van der Waals surface area contributed by atoms with E-state index in [0.29, 0.717) is 22.4 Å². The third-order valence-electron chi connectivity index (χ3n) is 6.29. The second-order valence-corrected chi connectivity index (χ2v) is 11.2. The van der Waals surface area contributed by atoms with Crippen molar-refractivity contribution in [2.75, 3.05) is 19.5 Å². The minimum Gasteiger partial charge on any atom is -0.497 e. The van der Waals surface area contributed by atoms with Gasteiger partial charge >= 0.3 is 8.17 Å². The van der Waals surface area contributed by atoms with E-state index in [1.807, 2.05) is 31.2 Å². The van der Waals surface area contributed by atoms with Gasteiger partial charge in [-0.05, 0) is 36.2 Å². The first kappa shape index (κ1) is 24.8. The smallest absolute Gasteiger partial charge is 0.497 e. The van der Waals surface area contributed by atoms with Crippen molar-refractivity contribution in [2.45, 2.75) is 43.0 Å². The number of aromatic amines is 1. The summed E-state index contributed by atoms with van der Waals surface area (Å²) in [5, 5.41) is 11.5. The maximum atomic E-state index is 13.5. The molecule has 2 aliphatic heterocycles. The highest BCUT2D eigenvalue weighted by atomic mass is 32.2. The van der Waals surface area contributed by atoms with Crippen LogP contribution in [0.15, 0.2) is 40.4 Å². The molecule has 37 heavy (non-hydrogen) atoms. The summed E-state index contributed by atoms with van der Waals surface area (Å²) < 4.78 is 24.4. The Morgan fingerprint density at radius 3 is 2.78 bits per heavy atom. The van der Waals surface area contributed by atoms with Crippen LogP contribution in [0, 0.1) is 0 Å². The molecule has 15 heteroatoms. The quantitative estimate of drug-likeness (QED) is 0.205. The van der Waals surface area contributed by atoms with E-state index in [-0.39, 0.29) is 29.1 Å². The van der Waals surface area contributed by atoms with E-state index >= 15 is 0 Å². The molecule has 2 aliphatic rings. The predicted molar refractivity (Wildman–Crippen MR) is 134 cm³/mol. The highest BCUT2D eigenvalue weighted by Gasteiger charge is 2.60. The molecular weight excluding hydrogens is 525 g/mol. The van der Waals surface area contributed by atoms with E-state index in [0.717, 1.165) is 12.0 Å². The highest BCUT2D eigenvalue weighted by Crippen LogP contribution is 2.59. The molecule has 4 atom stereocenters. The van der Waals surface area contributed by atoms with Crippen molar-refractivity contribution in [1.29, 1.82) is 0 Å². The lowest BCUT2D eigenvalue weighted by molar-refractivity contribution is -0.0763. The molecule has 0 saturated carbocycles. The van der Waals surface area contributed by atoms with Crippen molar-refractivity contribution in [2.24, 2.45) is 0 Å². The van der Waals surface area contributed by atoms with Gasteiger partial charge in [-0.25, -0.2) is 9.38 Å². The number of benzene rings is 1. The molecule has 2 saturated heterocycles. The Morgan fingerprint density at radius 1 is 1.27 bits per heavy atom. The van der Waals surface area contributed by atoms with Crippen LogP contribution in [0.1, 0.15) is 19.6 Å². The van der Waals surface area contributed by atoms with Crippen molar-refractivity contribution in [1.82, 2.24) is 23.9 Å². The molecule has 2 fully saturated rings. The number of aromatic nitrogens is 5. The standard InChI is InChI=1S/C22H24N5O8PS/c1-3-8-37-22-24-15-18(27(22)20-16(28)17-14(34-20)10-33-36(30,31)35-17)25-21-23-13(9-26(21)19(15)29)11-4-6-12(32-2)7-5-11/h4-7,9,14,16-17,20,28,30-31H,3,8,10H2,1-2H3/p+1/t14?,16?,17-,20-/m1/s1. The summed E-state index contributed by atoms with van der Waals surface area (Å²) in [6, 6.07) is 7.37. The molecule has 0 amide bonds. The van der Waals surface area contributed by atoms with Gasteiger partial charge in [-0.1, -0.05) is 18.7 Å². The van der Waals surface area contributed by atoms with E-state index in [9.17, 15) is 19.7 Å². The van der Waals surface area contributed by atoms with Gasteiger partial charge in [0.15, 0.2) is 28.7 Å². The van der Waals surface area contributed by atoms with E-state index in [4.69, 9.17) is 18.5 Å². The predicted octanol–water partition coefficient (Wildman–Crippen LogP) is 1.89. The molecule has 0 radical (unpaired) electrons. The summed E-state index contributed by atoms with van der Waals surface area (Å²) in [5.74, 6) is 1.71. The number of imidazole rings is 2. The first-order valence-electron chi connectivity index (χ1n) is 11.6. The maximum Gasteiger partial charge on any atom is 0.570 e. The zero-order valence-corrected chi connectivity index (χ0v) is 21.6. The number of nitrogens with one attached hydrogen (secondary N) is 1. The van der Waals surface area contributed by atoms with Crippen LogP contribution in [-0.2, 0) is 13.8 Å². The number of methoxy groups -OCH3 is 1. The van der Waals surface area contributed by atoms with Crippen LogP contribution in [0.4, 0.5) is 0 Å². The lowest BCUT2D eigenvalue weighted by Gasteiger charge is -2.24. The van der Waals surface area contributed by atoms with Gasteiger partial charge in [0.05, 0.1) is 12.8 Å². The zero-order chi connectivity index (χ0) is 25.9. The molecule has 196 valence electrons. The normalized spacial score (nSPS) is 25.1. The van der Waals surface area contributed by atoms with Crippen LogP contribution in [0.5, 0.6) is 5.75 Å². The third-order valence-corrected chi connectivity index (χ3v) is 8.45. The van der Waals surface area contributed by atoms with Gasteiger partial charge in [-0.2, -0.15) is 19.3 Å². The van der Waals surface area contributed by atoms with Crippen molar-refractivity contribution in [3.63, 3.8) is 0 Å². The van der Waals surface area contributed by atoms with Crippen LogP contribution in [0.25, 0.3) is 28.2 Å². The van der Waals surface area contributed by atoms with Crippen LogP contribution < -0.4 is 10.3 Å². The summed E-state index contributed by atoms with van der Waals surface area (Å²) in [5.41, 5.74) is 1.47. The lowest BCUT2D eigenvalue weighted by Crippen LogP contribution is -2.40. The molecule has 0 spiro atoms. The van der Waals surface area contributed by atoms with Crippen molar-refractivity contribution in [3.05, 3.63) is 40.8 Å². The number of aliphatic hydroxyl groups is 1. The Hall–Kier alpha value is -2.55. The first-order valence-corrected chi connectivity index (χ1v) is 14.1. The number of ether oxygens (including phenoxy) is 2. The maximum absolute atomic E-state index is 13.5. The summed E-state index contributed by atoms with van der Waals surface area (Å²) >= 11 is 1.40. The summed E-state index contributed by atoms with van der Waals surface area (Å²) in [6.45, 7) is 1.86. The fourth-order valence-electron chi connectivity index (χ4n) is 4.51. The molecule has 2 unspecified atom stereocenters. The fourth-order valence-corrected chi connectivity index (χ4v) is 6.36. The number of rotatable bonds is 6. The van der Waals surface area contributed by atoms with Gasteiger partial charge in [0.1, 0.15) is 24.6 Å². The van der Waals surface area contributed by atoms with Gasteiger partial charge in [0.2, 0.25) is 5.78 Å². The molecule has 4 aromatic rings. The highest BCUT2D eigenvalue weighted by molar-refractivity contribution is 7.99. The summed E-state index contributed by atoms with van der Waals surface area (Å²) in [4.78, 5) is 45.6. The molecule has 4 N–H and O–H groups in total. The second-order valence-electron chi connectivity index (χ2n) is 8.70. The van der Waals surface area contributed by atoms with Gasteiger partial charge in [-0.3, -0.25) is 9.36 Å². The van der Waals surface area contributed by atoms with Crippen molar-refractivity contribution < 1.29 is 33.4 Å². The van der Waals surface area contributed by atoms with E-state index in [1.165, 1.54) is 16.2 Å². The van der Waals surface area contributed by atoms with Crippen LogP contribution in [0.2, 0.25) is 0 Å². The van der Waals surface area contributed by atoms with Crippen molar-refractivity contribution in [3.8, 4) is 17.0 Å². The molecule has 6 rings (SSSR count). The molecule has 0 bridgehead atoms. The fraction of sp³-hybridized carbons (Fsp3) is 0.409. The molecule has 1 aromatic carbocycles. The van der Waals surface area contributed by atoms with Crippen LogP contribution in [0.3, 0.4) is 0 Å². The monoisotopic (exact) mass is 550 g/mol. The third kappa shape index (κ3) is 4.23. The average molecular weight is 551 g/mol. The SMILES string of the molecule is CCCSc1nc2c(=O)n3cc(-c4ccc(OC)cc4)[nH]c3nc2n1[C@@H]1OC2CO[P+](O)(O)O[C@H]2C1O. The summed E-state index contributed by atoms with van der Waals surface area (Å²) in [6.07, 6.45) is -1.58. The molecular formula is C22H25N5O8PS+. The van der Waals surface area contributed by atoms with Gasteiger partial charge in [0, 0.05) is 11.9 Å². The van der Waals surface area contributed by atoms with E-state index < -0.39 is 32.7 Å². The van der Waals surface area contributed by atoms with Crippen molar-refractivity contribution >= 4 is 36.9 Å². The molecule has 3 aromatic heterocycles. The molecule has 0 aliphatic carbocycles. The Bertz CT molecular complexity index is 1520. The Labute approximate surface area is 214 Å². The topological polar surface area (TPSA) is 166 Å². The van der Waals surface area contributed by atoms with Gasteiger partial charge in [0.25, 0.3) is 5.56 Å². The number of fused-ring (bicyclic) bond motifs is 3. The number of aliphatic hydroxyl groups excluding tert-OH is 1. The number of hydrogen-bond acceptors (Lipinski definition) is 11. The van der Waals surface area contributed by atoms with E-state index in [1.54, 1.807) is 17.9 Å². The van der Waals surface area contributed by atoms with Gasteiger partial charge in [-0.15, -0.1) is 4.52 Å². The number of thioether (sulfide) groups is 1. The first-order chi connectivity index (χ1) is 17.8. The zero-order valence-electron chi connectivity index (χ0n) is 19.8. The van der Waals surface area contributed by atoms with Crippen LogP contribution in [-0.4, -0.2) is 76.6 Å². The minimum absolute atomic E-state index is 0.116. The second kappa shape index (κ2) is 9.33. The summed E-state index contributed by atoms with van der Waals surface area (Å²) in [7, 11) is -2.46. The Balaban J connectivity index is 1.47. The molecule has 5 heterocycles. The minimum atomic E-state index is -4.05. The van der Waals surface area contributed by atoms with Gasteiger partial charge < -0.3 is 19.6 Å². The number of nitrogens with zero attached hydrogens (tertiary/aromatic N) is 4. The Kier molecular flexibility index (Phi) is 6.24. The number of H-pyrrole nitrogens is 1. The van der Waals surface area contributed by atoms with E-state index in [2.05, 4.69) is 15.0 Å². The average Bonchev–Trinajstić information content (AvgIpc) is 3.56. The van der Waals surface area contributed by atoms with Crippen LogP contribution >= 0.6 is 19.9 Å².